The highest BCUT2D eigenvalue weighted by Gasteiger charge is 2.19. The van der Waals surface area contributed by atoms with E-state index in [0.717, 1.165) is 0 Å². The van der Waals surface area contributed by atoms with Crippen molar-refractivity contribution in [3.05, 3.63) is 78.0 Å². The van der Waals surface area contributed by atoms with Gasteiger partial charge in [-0.15, -0.1) is 0 Å². The molecule has 2 amide bonds. The van der Waals surface area contributed by atoms with Crippen LogP contribution in [0.5, 0.6) is 0 Å². The quantitative estimate of drug-likeness (QED) is 0.450. The molecule has 0 radical (unpaired) electrons. The molecule has 0 saturated carbocycles. The summed E-state index contributed by atoms with van der Waals surface area (Å²) in [7, 11) is 1.77. The maximum Gasteiger partial charge on any atom is 0.323 e. The number of nitrogens with zero attached hydrogens (tertiary/aromatic N) is 3. The summed E-state index contributed by atoms with van der Waals surface area (Å²) in [5, 5.41) is 5.73. The monoisotopic (exact) mass is 404 g/mol. The second kappa shape index (κ2) is 7.63. The summed E-state index contributed by atoms with van der Waals surface area (Å²) in [4.78, 5) is 33.4. The molecule has 2 aromatic heterocycles. The van der Waals surface area contributed by atoms with E-state index in [9.17, 15) is 14.0 Å². The lowest BCUT2D eigenvalue weighted by atomic mass is 10.0. The molecule has 0 atom stereocenters. The summed E-state index contributed by atoms with van der Waals surface area (Å²) in [6.07, 6.45) is 3.00. The molecule has 8 nitrogen and oxygen atoms in total. The fourth-order valence-corrected chi connectivity index (χ4v) is 3.13. The Kier molecular flexibility index (Phi) is 4.85. The number of halogens is 1. The second-order valence-corrected chi connectivity index (χ2v) is 6.61. The van der Waals surface area contributed by atoms with E-state index in [4.69, 9.17) is 5.73 Å². The minimum atomic E-state index is -0.519. The maximum atomic E-state index is 13.1. The van der Waals surface area contributed by atoms with Crippen molar-refractivity contribution in [1.82, 2.24) is 14.5 Å². The van der Waals surface area contributed by atoms with Gasteiger partial charge in [0.1, 0.15) is 23.6 Å². The van der Waals surface area contributed by atoms with Crippen molar-refractivity contribution in [1.29, 1.82) is 0 Å². The van der Waals surface area contributed by atoms with E-state index in [0.29, 0.717) is 33.5 Å². The predicted molar refractivity (Wildman–Crippen MR) is 112 cm³/mol. The van der Waals surface area contributed by atoms with E-state index >= 15 is 0 Å². The molecule has 0 aliphatic heterocycles. The molecule has 0 fully saturated rings. The molecule has 4 aromatic rings. The lowest BCUT2D eigenvalue weighted by molar-refractivity contribution is 0.104. The zero-order valence-corrected chi connectivity index (χ0v) is 15.9. The molecule has 0 aliphatic carbocycles. The van der Waals surface area contributed by atoms with Crippen molar-refractivity contribution in [2.24, 2.45) is 7.05 Å². The predicted octanol–water partition coefficient (Wildman–Crippen LogP) is 3.56. The van der Waals surface area contributed by atoms with Crippen LogP contribution < -0.4 is 16.4 Å². The van der Waals surface area contributed by atoms with Crippen molar-refractivity contribution in [2.75, 3.05) is 16.4 Å². The summed E-state index contributed by atoms with van der Waals surface area (Å²) < 4.78 is 14.7. The summed E-state index contributed by atoms with van der Waals surface area (Å²) >= 11 is 0. The average Bonchev–Trinajstić information content (AvgIpc) is 3.07. The smallest absolute Gasteiger partial charge is 0.323 e. The summed E-state index contributed by atoms with van der Waals surface area (Å²) in [5.41, 5.74) is 8.11. The number of nitrogens with two attached hydrogens (primary N) is 1. The number of carbonyl (C=O) groups excluding carboxylic acids is 2. The molecule has 0 bridgehead atoms. The number of ketones is 1. The van der Waals surface area contributed by atoms with E-state index in [2.05, 4.69) is 20.6 Å². The first kappa shape index (κ1) is 19.1. The topological polar surface area (TPSA) is 115 Å². The van der Waals surface area contributed by atoms with Gasteiger partial charge in [-0.25, -0.2) is 19.2 Å². The number of carbonyl (C=O) groups is 2. The minimum absolute atomic E-state index is 0.219. The van der Waals surface area contributed by atoms with Gasteiger partial charge < -0.3 is 20.9 Å². The van der Waals surface area contributed by atoms with Gasteiger partial charge >= 0.3 is 6.03 Å². The van der Waals surface area contributed by atoms with Gasteiger partial charge in [0.2, 0.25) is 0 Å². The van der Waals surface area contributed by atoms with E-state index in [1.807, 2.05) is 0 Å². The fourth-order valence-electron chi connectivity index (χ4n) is 3.13. The third-order valence-corrected chi connectivity index (χ3v) is 4.51. The number of nitrogen functional groups attached to an aromatic ring is 1. The Morgan fingerprint density at radius 1 is 1.03 bits per heavy atom. The van der Waals surface area contributed by atoms with Gasteiger partial charge in [-0.1, -0.05) is 12.1 Å². The Morgan fingerprint density at radius 3 is 2.53 bits per heavy atom. The van der Waals surface area contributed by atoms with E-state index in [1.54, 1.807) is 42.1 Å². The molecule has 0 aliphatic rings. The molecular formula is C21H17FN6O2. The second-order valence-electron chi connectivity index (χ2n) is 6.61. The van der Waals surface area contributed by atoms with Crippen LogP contribution in [0.4, 0.5) is 26.4 Å². The molecule has 150 valence electrons. The number of fused-ring (bicyclic) bond motifs is 1. The molecule has 4 rings (SSSR count). The van der Waals surface area contributed by atoms with Gasteiger partial charge in [0.25, 0.3) is 0 Å². The Labute approximate surface area is 170 Å². The highest BCUT2D eigenvalue weighted by molar-refractivity contribution is 6.18. The first-order chi connectivity index (χ1) is 14.4. The Bertz CT molecular complexity index is 1270. The van der Waals surface area contributed by atoms with Crippen LogP contribution in [-0.4, -0.2) is 26.3 Å². The average molecular weight is 404 g/mol. The van der Waals surface area contributed by atoms with Crippen LogP contribution in [-0.2, 0) is 7.05 Å². The standard InChI is InChI=1S/C21H17FN6O2/c1-28-10-16(17-19(23)24-11-25-20(17)28)18(29)12-3-2-4-15(9-12)27-21(30)26-14-7-5-13(22)6-8-14/h2-11H,1H3,(H2,23,24,25)(H2,26,27,30). The largest absolute Gasteiger partial charge is 0.383 e. The third-order valence-electron chi connectivity index (χ3n) is 4.51. The van der Waals surface area contributed by atoms with Gasteiger partial charge in [-0.2, -0.15) is 0 Å². The van der Waals surface area contributed by atoms with Crippen LogP contribution in [0.3, 0.4) is 0 Å². The van der Waals surface area contributed by atoms with Crippen molar-refractivity contribution in [2.45, 2.75) is 0 Å². The van der Waals surface area contributed by atoms with E-state index in [-0.39, 0.29) is 11.6 Å². The van der Waals surface area contributed by atoms with E-state index < -0.39 is 11.8 Å². The van der Waals surface area contributed by atoms with Crippen LogP contribution in [0.1, 0.15) is 15.9 Å². The Morgan fingerprint density at radius 2 is 1.77 bits per heavy atom. The Balaban J connectivity index is 1.57. The summed E-state index contributed by atoms with van der Waals surface area (Å²) in [5.74, 6) is -0.451. The number of aryl methyl sites for hydroxylation is 1. The number of rotatable bonds is 4. The first-order valence-corrected chi connectivity index (χ1v) is 8.96. The number of hydrogen-bond acceptors (Lipinski definition) is 5. The molecule has 4 N–H and O–H groups in total. The van der Waals surface area contributed by atoms with Gasteiger partial charge in [0.05, 0.1) is 10.9 Å². The highest BCUT2D eigenvalue weighted by Crippen LogP contribution is 2.26. The maximum absolute atomic E-state index is 13.1. The molecule has 30 heavy (non-hydrogen) atoms. The van der Waals surface area contributed by atoms with Crippen LogP contribution in [0, 0.1) is 5.82 Å². The van der Waals surface area contributed by atoms with Crippen LogP contribution in [0.25, 0.3) is 11.0 Å². The van der Waals surface area contributed by atoms with Gasteiger partial charge in [0, 0.05) is 30.2 Å². The number of urea groups is 1. The number of anilines is 3. The number of benzene rings is 2. The van der Waals surface area contributed by atoms with Crippen molar-refractivity contribution < 1.29 is 14.0 Å². The molecule has 9 heteroatoms. The molecular weight excluding hydrogens is 387 g/mol. The zero-order chi connectivity index (χ0) is 21.3. The normalized spacial score (nSPS) is 10.7. The number of amides is 2. The SMILES string of the molecule is Cn1cc(C(=O)c2cccc(NC(=O)Nc3ccc(F)cc3)c2)c2c(N)ncnc21. The molecule has 0 spiro atoms. The van der Waals surface area contributed by atoms with Crippen molar-refractivity contribution in [3.8, 4) is 0 Å². The molecule has 0 unspecified atom stereocenters. The number of hydrogen-bond donors (Lipinski definition) is 3. The minimum Gasteiger partial charge on any atom is -0.383 e. The van der Waals surface area contributed by atoms with Crippen LogP contribution in [0.2, 0.25) is 0 Å². The van der Waals surface area contributed by atoms with Gasteiger partial charge in [-0.05, 0) is 36.4 Å². The molecule has 2 heterocycles. The van der Waals surface area contributed by atoms with Gasteiger partial charge in [0.15, 0.2) is 5.78 Å². The zero-order valence-electron chi connectivity index (χ0n) is 15.9. The summed E-state index contributed by atoms with van der Waals surface area (Å²) in [6, 6.07) is 11.4. The van der Waals surface area contributed by atoms with Gasteiger partial charge in [-0.3, -0.25) is 4.79 Å². The number of nitrogens with one attached hydrogen (secondary N) is 2. The number of aromatic nitrogens is 3. The Hall–Kier alpha value is -4.27. The van der Waals surface area contributed by atoms with Crippen LogP contribution in [0.15, 0.2) is 61.1 Å². The van der Waals surface area contributed by atoms with E-state index in [1.165, 1.54) is 30.6 Å². The highest BCUT2D eigenvalue weighted by atomic mass is 19.1. The third kappa shape index (κ3) is 3.68. The molecule has 2 aromatic carbocycles. The lowest BCUT2D eigenvalue weighted by Crippen LogP contribution is -2.19. The first-order valence-electron chi connectivity index (χ1n) is 8.96. The van der Waals surface area contributed by atoms with Crippen molar-refractivity contribution >= 4 is 40.0 Å². The molecule has 0 saturated heterocycles. The fraction of sp³-hybridized carbons (Fsp3) is 0.0476. The van der Waals surface area contributed by atoms with Crippen molar-refractivity contribution in [3.63, 3.8) is 0 Å². The summed E-state index contributed by atoms with van der Waals surface area (Å²) in [6.45, 7) is 0. The van der Waals surface area contributed by atoms with Crippen LogP contribution >= 0.6 is 0 Å². The lowest BCUT2D eigenvalue weighted by Gasteiger charge is -2.09.